The molecule has 0 heterocycles. The molecule has 0 aromatic heterocycles. The van der Waals surface area contributed by atoms with Crippen molar-refractivity contribution in [2.24, 2.45) is 0 Å². The van der Waals surface area contributed by atoms with Crippen molar-refractivity contribution in [1.82, 2.24) is 0 Å². The van der Waals surface area contributed by atoms with Gasteiger partial charge in [0.1, 0.15) is 0 Å². The van der Waals surface area contributed by atoms with Gasteiger partial charge in [-0.2, -0.15) is 0 Å². The fourth-order valence-electron chi connectivity index (χ4n) is 1.02. The predicted molar refractivity (Wildman–Crippen MR) is 56.6 cm³/mol. The highest BCUT2D eigenvalue weighted by molar-refractivity contribution is 9.09. The maximum atomic E-state index is 5.30. The molecule has 0 saturated heterocycles. The molecule has 0 bridgehead atoms. The summed E-state index contributed by atoms with van der Waals surface area (Å²) in [6, 6.07) is 8.12. The zero-order valence-electron chi connectivity index (χ0n) is 7.05. The van der Waals surface area contributed by atoms with E-state index in [0.717, 1.165) is 10.9 Å². The average molecular weight is 223 g/mol. The Morgan fingerprint density at radius 3 is 2.92 bits per heavy atom. The Morgan fingerprint density at radius 2 is 2.33 bits per heavy atom. The summed E-state index contributed by atoms with van der Waals surface area (Å²) < 4.78 is 0. The number of alkyl halides is 1. The Balaban J connectivity index is 2.95. The minimum Gasteiger partial charge on any atom is -0.115 e. The highest BCUT2D eigenvalue weighted by Crippen LogP contribution is 2.17. The van der Waals surface area contributed by atoms with Crippen LogP contribution in [0.4, 0.5) is 0 Å². The molecule has 1 rings (SSSR count). The van der Waals surface area contributed by atoms with Crippen LogP contribution in [0.15, 0.2) is 24.3 Å². The van der Waals surface area contributed by atoms with Gasteiger partial charge in [-0.05, 0) is 23.6 Å². The largest absolute Gasteiger partial charge is 0.115 e. The van der Waals surface area contributed by atoms with Crippen molar-refractivity contribution >= 4 is 15.9 Å². The fraction of sp³-hybridized carbons (Fsp3) is 0.273. The van der Waals surface area contributed by atoms with Gasteiger partial charge in [-0.25, -0.2) is 0 Å². The molecule has 0 nitrogen and oxygen atoms in total. The molecule has 12 heavy (non-hydrogen) atoms. The topological polar surface area (TPSA) is 0 Å². The monoisotopic (exact) mass is 222 g/mol. The van der Waals surface area contributed by atoms with E-state index in [2.05, 4.69) is 40.9 Å². The van der Waals surface area contributed by atoms with Gasteiger partial charge in [0.25, 0.3) is 0 Å². The summed E-state index contributed by atoms with van der Waals surface area (Å²) in [5, 5.41) is 0.973. The number of terminal acetylenes is 1. The standard InChI is InChI=1S/C11H11Br/c1-3-10-5-4-6-11(7-10)9(2)8-12/h1,4-7,9H,8H2,2H3. The summed E-state index contributed by atoms with van der Waals surface area (Å²) in [5.74, 6) is 3.16. The Bertz CT molecular complexity index is 296. The first-order valence-electron chi connectivity index (χ1n) is 3.90. The van der Waals surface area contributed by atoms with Crippen LogP contribution in [-0.2, 0) is 0 Å². The highest BCUT2D eigenvalue weighted by Gasteiger charge is 2.02. The molecule has 0 aliphatic carbocycles. The second-order valence-electron chi connectivity index (χ2n) is 2.83. The van der Waals surface area contributed by atoms with Crippen LogP contribution in [0.1, 0.15) is 24.0 Å². The second kappa shape index (κ2) is 4.33. The molecule has 0 saturated carbocycles. The van der Waals surface area contributed by atoms with Gasteiger partial charge in [0.15, 0.2) is 0 Å². The van der Waals surface area contributed by atoms with E-state index in [1.807, 2.05) is 12.1 Å². The lowest BCUT2D eigenvalue weighted by Gasteiger charge is -2.07. The van der Waals surface area contributed by atoms with E-state index in [0.29, 0.717) is 5.92 Å². The van der Waals surface area contributed by atoms with Gasteiger partial charge in [-0.3, -0.25) is 0 Å². The zero-order chi connectivity index (χ0) is 8.97. The van der Waals surface area contributed by atoms with Crippen molar-refractivity contribution in [2.75, 3.05) is 5.33 Å². The first-order valence-corrected chi connectivity index (χ1v) is 5.02. The molecule has 0 fully saturated rings. The minimum atomic E-state index is 0.526. The van der Waals surface area contributed by atoms with E-state index in [1.54, 1.807) is 0 Å². The molecule has 0 spiro atoms. The molecule has 0 amide bonds. The number of halogens is 1. The molecule has 1 atom stereocenters. The highest BCUT2D eigenvalue weighted by atomic mass is 79.9. The molecule has 0 aliphatic rings. The third kappa shape index (κ3) is 2.12. The summed E-state index contributed by atoms with van der Waals surface area (Å²) in [7, 11) is 0. The van der Waals surface area contributed by atoms with Gasteiger partial charge in [0, 0.05) is 10.9 Å². The zero-order valence-corrected chi connectivity index (χ0v) is 8.64. The van der Waals surface area contributed by atoms with Crippen molar-refractivity contribution in [1.29, 1.82) is 0 Å². The Kier molecular flexibility index (Phi) is 3.37. The summed E-state index contributed by atoms with van der Waals surface area (Å²) in [5.41, 5.74) is 2.25. The maximum Gasteiger partial charge on any atom is 0.0245 e. The maximum absolute atomic E-state index is 5.30. The number of rotatable bonds is 2. The molecule has 1 heteroatoms. The molecular weight excluding hydrogens is 212 g/mol. The van der Waals surface area contributed by atoms with Gasteiger partial charge in [-0.1, -0.05) is 40.9 Å². The van der Waals surface area contributed by atoms with Crippen LogP contribution in [0.25, 0.3) is 0 Å². The van der Waals surface area contributed by atoms with Gasteiger partial charge < -0.3 is 0 Å². The van der Waals surface area contributed by atoms with E-state index in [-0.39, 0.29) is 0 Å². The molecular formula is C11H11Br. The SMILES string of the molecule is C#Cc1cccc(C(C)CBr)c1. The Morgan fingerprint density at radius 1 is 1.58 bits per heavy atom. The van der Waals surface area contributed by atoms with Crippen LogP contribution in [0.5, 0.6) is 0 Å². The molecule has 1 unspecified atom stereocenters. The molecule has 0 N–H and O–H groups in total. The lowest BCUT2D eigenvalue weighted by Crippen LogP contribution is -1.94. The molecule has 1 aromatic rings. The van der Waals surface area contributed by atoms with Gasteiger partial charge >= 0.3 is 0 Å². The molecule has 0 aliphatic heterocycles. The summed E-state index contributed by atoms with van der Waals surface area (Å²) in [6.07, 6.45) is 5.30. The van der Waals surface area contributed by atoms with Crippen LogP contribution >= 0.6 is 15.9 Å². The Hall–Kier alpha value is -0.740. The van der Waals surface area contributed by atoms with E-state index in [9.17, 15) is 0 Å². The lowest BCUT2D eigenvalue weighted by atomic mass is 10.0. The van der Waals surface area contributed by atoms with Crippen molar-refractivity contribution < 1.29 is 0 Å². The molecule has 62 valence electrons. The van der Waals surface area contributed by atoms with Crippen LogP contribution in [0, 0.1) is 12.3 Å². The van der Waals surface area contributed by atoms with E-state index < -0.39 is 0 Å². The Labute approximate surface area is 82.1 Å². The second-order valence-corrected chi connectivity index (χ2v) is 3.47. The van der Waals surface area contributed by atoms with Crippen molar-refractivity contribution in [2.45, 2.75) is 12.8 Å². The van der Waals surface area contributed by atoms with Crippen LogP contribution in [-0.4, -0.2) is 5.33 Å². The van der Waals surface area contributed by atoms with Crippen LogP contribution in [0.3, 0.4) is 0 Å². The third-order valence-electron chi connectivity index (χ3n) is 1.85. The van der Waals surface area contributed by atoms with Crippen LogP contribution in [0.2, 0.25) is 0 Å². The van der Waals surface area contributed by atoms with Crippen molar-refractivity contribution in [3.63, 3.8) is 0 Å². The van der Waals surface area contributed by atoms with Gasteiger partial charge in [0.2, 0.25) is 0 Å². The molecule has 0 radical (unpaired) electrons. The van der Waals surface area contributed by atoms with E-state index >= 15 is 0 Å². The first-order chi connectivity index (χ1) is 5.77. The van der Waals surface area contributed by atoms with E-state index in [4.69, 9.17) is 6.42 Å². The minimum absolute atomic E-state index is 0.526. The summed E-state index contributed by atoms with van der Waals surface area (Å²) >= 11 is 3.45. The van der Waals surface area contributed by atoms with Gasteiger partial charge in [0.05, 0.1) is 0 Å². The third-order valence-corrected chi connectivity index (χ3v) is 2.83. The quantitative estimate of drug-likeness (QED) is 0.533. The number of benzene rings is 1. The van der Waals surface area contributed by atoms with E-state index in [1.165, 1.54) is 5.56 Å². The summed E-state index contributed by atoms with van der Waals surface area (Å²) in [4.78, 5) is 0. The first kappa shape index (κ1) is 9.35. The van der Waals surface area contributed by atoms with Crippen molar-refractivity contribution in [3.05, 3.63) is 35.4 Å². The smallest absolute Gasteiger partial charge is 0.0245 e. The summed E-state index contributed by atoms with van der Waals surface area (Å²) in [6.45, 7) is 2.17. The van der Waals surface area contributed by atoms with Gasteiger partial charge in [-0.15, -0.1) is 6.42 Å². The normalized spacial score (nSPS) is 12.1. The number of hydrogen-bond donors (Lipinski definition) is 0. The average Bonchev–Trinajstić information content (AvgIpc) is 2.17. The molecule has 1 aromatic carbocycles. The number of hydrogen-bond acceptors (Lipinski definition) is 0. The lowest BCUT2D eigenvalue weighted by molar-refractivity contribution is 0.887. The predicted octanol–water partition coefficient (Wildman–Crippen LogP) is 3.17. The fourth-order valence-corrected chi connectivity index (χ4v) is 1.40. The van der Waals surface area contributed by atoms with Crippen LogP contribution < -0.4 is 0 Å². The van der Waals surface area contributed by atoms with Crippen molar-refractivity contribution in [3.8, 4) is 12.3 Å².